The van der Waals surface area contributed by atoms with E-state index in [1.54, 1.807) is 22.7 Å². The van der Waals surface area contributed by atoms with Crippen LogP contribution in [0.5, 0.6) is 0 Å². The summed E-state index contributed by atoms with van der Waals surface area (Å²) in [5.41, 5.74) is 13.9. The number of thiophene rings is 2. The van der Waals surface area contributed by atoms with Crippen molar-refractivity contribution in [3.8, 4) is 21.1 Å². The zero-order valence-corrected chi connectivity index (χ0v) is 11.0. The molecule has 0 aliphatic heterocycles. The highest BCUT2D eigenvalue weighted by atomic mass is 32.1. The molecule has 0 bridgehead atoms. The van der Waals surface area contributed by atoms with Crippen LogP contribution in [0.3, 0.4) is 0 Å². The van der Waals surface area contributed by atoms with E-state index in [1.165, 1.54) is 0 Å². The summed E-state index contributed by atoms with van der Waals surface area (Å²) in [7, 11) is 0. The average molecular weight is 274 g/mol. The number of hydrogen-bond donors (Lipinski definition) is 2. The molecule has 0 fully saturated rings. The topological polar surface area (TPSA) is 77.8 Å². The van der Waals surface area contributed by atoms with E-state index in [-0.39, 0.29) is 5.95 Å². The minimum atomic E-state index is 0.246. The van der Waals surface area contributed by atoms with Gasteiger partial charge in [0.2, 0.25) is 5.95 Å². The van der Waals surface area contributed by atoms with Gasteiger partial charge in [0.25, 0.3) is 0 Å². The Bertz CT molecular complexity index is 604. The van der Waals surface area contributed by atoms with Crippen molar-refractivity contribution < 1.29 is 0 Å². The smallest absolute Gasteiger partial charge is 0.221 e. The maximum Gasteiger partial charge on any atom is 0.221 e. The van der Waals surface area contributed by atoms with Crippen molar-refractivity contribution in [2.75, 3.05) is 11.5 Å². The Labute approximate surface area is 112 Å². The largest absolute Gasteiger partial charge is 0.395 e. The molecule has 3 aromatic rings. The SMILES string of the molecule is Nc1nc(-c2cccs2)c(N)c(-c2cccs2)n1. The number of aromatic nitrogens is 2. The minimum Gasteiger partial charge on any atom is -0.395 e. The third-order valence-electron chi connectivity index (χ3n) is 2.47. The molecule has 0 saturated carbocycles. The van der Waals surface area contributed by atoms with Gasteiger partial charge in [-0.15, -0.1) is 22.7 Å². The summed E-state index contributed by atoms with van der Waals surface area (Å²) in [5.74, 6) is 0.246. The van der Waals surface area contributed by atoms with Gasteiger partial charge in [0, 0.05) is 0 Å². The molecule has 3 aromatic heterocycles. The monoisotopic (exact) mass is 274 g/mol. The van der Waals surface area contributed by atoms with Crippen LogP contribution in [-0.4, -0.2) is 9.97 Å². The molecule has 0 radical (unpaired) electrons. The molecule has 0 aliphatic rings. The van der Waals surface area contributed by atoms with Gasteiger partial charge in [-0.25, -0.2) is 9.97 Å². The Morgan fingerprint density at radius 2 is 1.33 bits per heavy atom. The van der Waals surface area contributed by atoms with Crippen molar-refractivity contribution in [3.05, 3.63) is 35.0 Å². The van der Waals surface area contributed by atoms with Crippen LogP contribution in [0, 0.1) is 0 Å². The zero-order valence-electron chi connectivity index (χ0n) is 9.33. The predicted molar refractivity (Wildman–Crippen MR) is 77.5 cm³/mol. The molecule has 3 rings (SSSR count). The standard InChI is InChI=1S/C12H10N4S2/c13-9-10(7-3-1-5-17-7)15-12(14)16-11(9)8-4-2-6-18-8/h1-6H,13H2,(H2,14,15,16). The number of rotatable bonds is 2. The van der Waals surface area contributed by atoms with Crippen LogP contribution in [-0.2, 0) is 0 Å². The van der Waals surface area contributed by atoms with Crippen LogP contribution in [0.25, 0.3) is 21.1 Å². The Morgan fingerprint density at radius 3 is 1.72 bits per heavy atom. The van der Waals surface area contributed by atoms with Crippen LogP contribution >= 0.6 is 22.7 Å². The van der Waals surface area contributed by atoms with E-state index in [0.717, 1.165) is 9.75 Å². The second kappa shape index (κ2) is 4.40. The normalized spacial score (nSPS) is 10.7. The van der Waals surface area contributed by atoms with Crippen LogP contribution in [0.4, 0.5) is 11.6 Å². The lowest BCUT2D eigenvalue weighted by atomic mass is 10.2. The number of nitrogen functional groups attached to an aromatic ring is 2. The van der Waals surface area contributed by atoms with E-state index in [0.29, 0.717) is 17.1 Å². The minimum absolute atomic E-state index is 0.246. The van der Waals surface area contributed by atoms with Gasteiger partial charge >= 0.3 is 0 Å². The fourth-order valence-electron chi connectivity index (χ4n) is 1.69. The lowest BCUT2D eigenvalue weighted by molar-refractivity contribution is 1.21. The van der Waals surface area contributed by atoms with Crippen molar-refractivity contribution in [2.45, 2.75) is 0 Å². The Hall–Kier alpha value is -1.92. The highest BCUT2D eigenvalue weighted by Crippen LogP contribution is 2.36. The predicted octanol–water partition coefficient (Wildman–Crippen LogP) is 3.10. The molecule has 6 heteroatoms. The van der Waals surface area contributed by atoms with Gasteiger partial charge in [-0.2, -0.15) is 0 Å². The lowest BCUT2D eigenvalue weighted by Gasteiger charge is -2.08. The number of hydrogen-bond acceptors (Lipinski definition) is 6. The van der Waals surface area contributed by atoms with Crippen molar-refractivity contribution in [1.29, 1.82) is 0 Å². The molecule has 0 spiro atoms. The maximum atomic E-state index is 6.17. The summed E-state index contributed by atoms with van der Waals surface area (Å²) < 4.78 is 0. The molecular formula is C12H10N4S2. The molecule has 0 aliphatic carbocycles. The summed E-state index contributed by atoms with van der Waals surface area (Å²) in [6.07, 6.45) is 0. The third kappa shape index (κ3) is 1.85. The Kier molecular flexibility index (Phi) is 2.73. The maximum absolute atomic E-state index is 6.17. The molecule has 0 aromatic carbocycles. The van der Waals surface area contributed by atoms with E-state index in [9.17, 15) is 0 Å². The van der Waals surface area contributed by atoms with Crippen molar-refractivity contribution in [2.24, 2.45) is 0 Å². The molecule has 0 atom stereocenters. The summed E-state index contributed by atoms with van der Waals surface area (Å²) in [6.45, 7) is 0. The van der Waals surface area contributed by atoms with Crippen molar-refractivity contribution >= 4 is 34.3 Å². The number of nitrogens with zero attached hydrogens (tertiary/aromatic N) is 2. The Morgan fingerprint density at radius 1 is 0.833 bits per heavy atom. The van der Waals surface area contributed by atoms with Crippen LogP contribution in [0.2, 0.25) is 0 Å². The Balaban J connectivity index is 2.23. The van der Waals surface area contributed by atoms with Gasteiger partial charge in [-0.05, 0) is 22.9 Å². The summed E-state index contributed by atoms with van der Waals surface area (Å²) >= 11 is 3.16. The molecule has 0 saturated heterocycles. The first-order valence-corrected chi connectivity index (χ1v) is 7.02. The fraction of sp³-hybridized carbons (Fsp3) is 0. The van der Waals surface area contributed by atoms with E-state index >= 15 is 0 Å². The molecule has 0 amide bonds. The highest BCUT2D eigenvalue weighted by Gasteiger charge is 2.15. The van der Waals surface area contributed by atoms with Crippen LogP contribution in [0.15, 0.2) is 35.0 Å². The van der Waals surface area contributed by atoms with Crippen LogP contribution < -0.4 is 11.5 Å². The van der Waals surface area contributed by atoms with E-state index < -0.39 is 0 Å². The second-order valence-corrected chi connectivity index (χ2v) is 5.54. The quantitative estimate of drug-likeness (QED) is 0.752. The first-order valence-electron chi connectivity index (χ1n) is 5.26. The molecule has 18 heavy (non-hydrogen) atoms. The summed E-state index contributed by atoms with van der Waals surface area (Å²) in [5, 5.41) is 3.97. The van der Waals surface area contributed by atoms with Gasteiger partial charge in [0.1, 0.15) is 11.4 Å². The van der Waals surface area contributed by atoms with Gasteiger partial charge in [0.05, 0.1) is 15.4 Å². The van der Waals surface area contributed by atoms with Crippen molar-refractivity contribution in [1.82, 2.24) is 9.97 Å². The van der Waals surface area contributed by atoms with Gasteiger partial charge in [-0.3, -0.25) is 0 Å². The summed E-state index contributed by atoms with van der Waals surface area (Å²) in [6, 6.07) is 7.87. The fourth-order valence-corrected chi connectivity index (χ4v) is 3.15. The molecule has 4 N–H and O–H groups in total. The molecule has 3 heterocycles. The molecular weight excluding hydrogens is 264 g/mol. The molecule has 90 valence electrons. The van der Waals surface area contributed by atoms with Gasteiger partial charge < -0.3 is 11.5 Å². The van der Waals surface area contributed by atoms with Crippen LogP contribution in [0.1, 0.15) is 0 Å². The zero-order chi connectivity index (χ0) is 12.5. The first kappa shape index (κ1) is 11.2. The summed E-state index contributed by atoms with van der Waals surface area (Å²) in [4.78, 5) is 10.5. The third-order valence-corrected chi connectivity index (χ3v) is 4.23. The number of anilines is 2. The van der Waals surface area contributed by atoms with E-state index in [2.05, 4.69) is 9.97 Å². The first-order chi connectivity index (χ1) is 8.75. The lowest BCUT2D eigenvalue weighted by Crippen LogP contribution is -2.03. The van der Waals surface area contributed by atoms with Crippen molar-refractivity contribution in [3.63, 3.8) is 0 Å². The van der Waals surface area contributed by atoms with E-state index in [4.69, 9.17) is 11.5 Å². The highest BCUT2D eigenvalue weighted by molar-refractivity contribution is 7.14. The number of nitrogens with two attached hydrogens (primary N) is 2. The van der Waals surface area contributed by atoms with Gasteiger partial charge in [-0.1, -0.05) is 12.1 Å². The van der Waals surface area contributed by atoms with E-state index in [1.807, 2.05) is 35.0 Å². The second-order valence-electron chi connectivity index (χ2n) is 3.65. The molecule has 0 unspecified atom stereocenters. The molecule has 4 nitrogen and oxygen atoms in total. The van der Waals surface area contributed by atoms with Gasteiger partial charge in [0.15, 0.2) is 0 Å². The average Bonchev–Trinajstić information content (AvgIpc) is 3.02.